The molecule has 17 heavy (non-hydrogen) atoms. The summed E-state index contributed by atoms with van der Waals surface area (Å²) in [6, 6.07) is 0. The summed E-state index contributed by atoms with van der Waals surface area (Å²) < 4.78 is 0. The number of pyridine rings is 1. The van der Waals surface area contributed by atoms with Crippen molar-refractivity contribution in [2.75, 3.05) is 26.4 Å². The second kappa shape index (κ2) is 5.63. The summed E-state index contributed by atoms with van der Waals surface area (Å²) in [7, 11) is 3.51. The van der Waals surface area contributed by atoms with E-state index < -0.39 is 0 Å². The average molecular weight is 236 g/mol. The van der Waals surface area contributed by atoms with Crippen molar-refractivity contribution in [1.29, 1.82) is 0 Å². The van der Waals surface area contributed by atoms with Crippen molar-refractivity contribution in [3.05, 3.63) is 23.0 Å². The molecular weight excluding hydrogens is 216 g/mol. The SMILES string of the molecule is CNC(=O)CN(C)Cc1ncc(C)c(N)c1C. The molecule has 0 atom stereocenters. The third-order valence-electron chi connectivity index (χ3n) is 2.79. The van der Waals surface area contributed by atoms with E-state index in [1.165, 1.54) is 0 Å². The van der Waals surface area contributed by atoms with E-state index in [2.05, 4.69) is 10.3 Å². The van der Waals surface area contributed by atoms with Crippen molar-refractivity contribution in [1.82, 2.24) is 15.2 Å². The molecule has 0 aliphatic rings. The third kappa shape index (κ3) is 3.42. The maximum Gasteiger partial charge on any atom is 0.233 e. The van der Waals surface area contributed by atoms with Crippen molar-refractivity contribution in [2.45, 2.75) is 20.4 Å². The molecule has 1 aromatic heterocycles. The van der Waals surface area contributed by atoms with Crippen LogP contribution in [0.3, 0.4) is 0 Å². The van der Waals surface area contributed by atoms with E-state index in [0.29, 0.717) is 13.1 Å². The van der Waals surface area contributed by atoms with Crippen LogP contribution in [0.2, 0.25) is 0 Å². The zero-order chi connectivity index (χ0) is 13.0. The second-order valence-corrected chi connectivity index (χ2v) is 4.27. The number of nitrogen functional groups attached to an aromatic ring is 1. The number of rotatable bonds is 4. The van der Waals surface area contributed by atoms with Crippen LogP contribution in [-0.2, 0) is 11.3 Å². The number of amides is 1. The minimum Gasteiger partial charge on any atom is -0.398 e. The molecule has 5 heteroatoms. The lowest BCUT2D eigenvalue weighted by atomic mass is 10.1. The van der Waals surface area contributed by atoms with Crippen LogP contribution in [0.1, 0.15) is 16.8 Å². The lowest BCUT2D eigenvalue weighted by Crippen LogP contribution is -2.33. The van der Waals surface area contributed by atoms with Crippen LogP contribution in [-0.4, -0.2) is 36.4 Å². The summed E-state index contributed by atoms with van der Waals surface area (Å²) in [6.07, 6.45) is 1.77. The molecule has 0 aliphatic heterocycles. The first-order chi connectivity index (χ1) is 7.95. The van der Waals surface area contributed by atoms with E-state index in [-0.39, 0.29) is 5.91 Å². The molecular formula is C12H20N4O. The number of anilines is 1. The minimum atomic E-state index is -0.00904. The molecule has 1 rings (SSSR count). The predicted molar refractivity (Wildman–Crippen MR) is 68.5 cm³/mol. The van der Waals surface area contributed by atoms with Gasteiger partial charge in [0.1, 0.15) is 0 Å². The molecule has 0 radical (unpaired) electrons. The number of nitrogens with two attached hydrogens (primary N) is 1. The van der Waals surface area contributed by atoms with Crippen LogP contribution in [0, 0.1) is 13.8 Å². The van der Waals surface area contributed by atoms with Crippen LogP contribution in [0.15, 0.2) is 6.20 Å². The highest BCUT2D eigenvalue weighted by molar-refractivity contribution is 5.77. The Morgan fingerprint density at radius 3 is 2.76 bits per heavy atom. The smallest absolute Gasteiger partial charge is 0.233 e. The van der Waals surface area contributed by atoms with E-state index in [0.717, 1.165) is 22.5 Å². The first kappa shape index (κ1) is 13.4. The van der Waals surface area contributed by atoms with Crippen LogP contribution in [0.4, 0.5) is 5.69 Å². The molecule has 1 heterocycles. The van der Waals surface area contributed by atoms with Crippen LogP contribution >= 0.6 is 0 Å². The van der Waals surface area contributed by atoms with Gasteiger partial charge in [0, 0.05) is 25.5 Å². The number of nitrogens with one attached hydrogen (secondary N) is 1. The van der Waals surface area contributed by atoms with E-state index in [4.69, 9.17) is 5.73 Å². The van der Waals surface area contributed by atoms with Gasteiger partial charge in [0.15, 0.2) is 0 Å². The fourth-order valence-corrected chi connectivity index (χ4v) is 1.59. The summed E-state index contributed by atoms with van der Waals surface area (Å²) in [4.78, 5) is 17.5. The van der Waals surface area contributed by atoms with Crippen molar-refractivity contribution < 1.29 is 4.79 Å². The highest BCUT2D eigenvalue weighted by atomic mass is 16.1. The Morgan fingerprint density at radius 2 is 2.18 bits per heavy atom. The van der Waals surface area contributed by atoms with Gasteiger partial charge in [-0.3, -0.25) is 14.7 Å². The van der Waals surface area contributed by atoms with Gasteiger partial charge in [-0.25, -0.2) is 0 Å². The van der Waals surface area contributed by atoms with E-state index in [1.54, 1.807) is 13.2 Å². The quantitative estimate of drug-likeness (QED) is 0.796. The molecule has 0 saturated heterocycles. The van der Waals surface area contributed by atoms with Gasteiger partial charge < -0.3 is 11.1 Å². The highest BCUT2D eigenvalue weighted by Crippen LogP contribution is 2.18. The van der Waals surface area contributed by atoms with Crippen molar-refractivity contribution in [2.24, 2.45) is 0 Å². The first-order valence-corrected chi connectivity index (χ1v) is 5.55. The highest BCUT2D eigenvalue weighted by Gasteiger charge is 2.10. The fraction of sp³-hybridized carbons (Fsp3) is 0.500. The Balaban J connectivity index is 2.75. The number of hydrogen-bond donors (Lipinski definition) is 2. The Labute approximate surface area is 102 Å². The molecule has 1 amide bonds. The van der Waals surface area contributed by atoms with Gasteiger partial charge >= 0.3 is 0 Å². The van der Waals surface area contributed by atoms with Gasteiger partial charge in [-0.2, -0.15) is 0 Å². The Hall–Kier alpha value is -1.62. The number of carbonyl (C=O) groups is 1. The van der Waals surface area contributed by atoms with Crippen LogP contribution in [0.5, 0.6) is 0 Å². The zero-order valence-corrected chi connectivity index (χ0v) is 10.9. The molecule has 0 bridgehead atoms. The molecule has 0 spiro atoms. The summed E-state index contributed by atoms with van der Waals surface area (Å²) in [5, 5.41) is 2.59. The maximum atomic E-state index is 11.2. The van der Waals surface area contributed by atoms with Gasteiger partial charge in [0.25, 0.3) is 0 Å². The van der Waals surface area contributed by atoms with E-state index >= 15 is 0 Å². The van der Waals surface area contributed by atoms with Crippen LogP contribution in [0.25, 0.3) is 0 Å². The summed E-state index contributed by atoms with van der Waals surface area (Å²) in [6.45, 7) is 4.86. The summed E-state index contributed by atoms with van der Waals surface area (Å²) in [5.41, 5.74) is 9.63. The normalized spacial score (nSPS) is 10.6. The summed E-state index contributed by atoms with van der Waals surface area (Å²) in [5.74, 6) is -0.00904. The lowest BCUT2D eigenvalue weighted by molar-refractivity contribution is -0.121. The standard InChI is InChI=1S/C12H20N4O/c1-8-5-15-10(9(2)12(8)13)6-16(4)7-11(17)14-3/h5H,6-7H2,1-4H3,(H2,13,15)(H,14,17). The number of likely N-dealkylation sites (N-methyl/N-ethyl adjacent to an activating group) is 2. The van der Waals surface area contributed by atoms with Crippen molar-refractivity contribution >= 4 is 11.6 Å². The Morgan fingerprint density at radius 1 is 1.53 bits per heavy atom. The fourth-order valence-electron chi connectivity index (χ4n) is 1.59. The van der Waals surface area contributed by atoms with Crippen molar-refractivity contribution in [3.63, 3.8) is 0 Å². The molecule has 94 valence electrons. The molecule has 1 aromatic rings. The zero-order valence-electron chi connectivity index (χ0n) is 10.9. The average Bonchev–Trinajstić information content (AvgIpc) is 2.29. The monoisotopic (exact) mass is 236 g/mol. The topological polar surface area (TPSA) is 71.2 Å². The van der Waals surface area contributed by atoms with Crippen molar-refractivity contribution in [3.8, 4) is 0 Å². The molecule has 3 N–H and O–H groups in total. The van der Waals surface area contributed by atoms with Gasteiger partial charge in [-0.05, 0) is 32.0 Å². The largest absolute Gasteiger partial charge is 0.398 e. The molecule has 0 fully saturated rings. The van der Waals surface area contributed by atoms with E-state index in [1.807, 2.05) is 25.8 Å². The third-order valence-corrected chi connectivity index (χ3v) is 2.79. The van der Waals surface area contributed by atoms with E-state index in [9.17, 15) is 4.79 Å². The number of nitrogens with zero attached hydrogens (tertiary/aromatic N) is 2. The predicted octanol–water partition coefficient (Wildman–Crippen LogP) is 0.458. The Kier molecular flexibility index (Phi) is 4.45. The summed E-state index contributed by atoms with van der Waals surface area (Å²) >= 11 is 0. The van der Waals surface area contributed by atoms with Crippen LogP contribution < -0.4 is 11.1 Å². The lowest BCUT2D eigenvalue weighted by Gasteiger charge is -2.17. The molecule has 5 nitrogen and oxygen atoms in total. The number of aromatic nitrogens is 1. The number of hydrogen-bond acceptors (Lipinski definition) is 4. The number of carbonyl (C=O) groups excluding carboxylic acids is 1. The number of aryl methyl sites for hydroxylation is 1. The molecule has 0 saturated carbocycles. The second-order valence-electron chi connectivity index (χ2n) is 4.27. The molecule has 0 aliphatic carbocycles. The maximum absolute atomic E-state index is 11.2. The molecule has 0 aromatic carbocycles. The Bertz CT molecular complexity index is 417. The molecule has 0 unspecified atom stereocenters. The van der Waals surface area contributed by atoms with Gasteiger partial charge in [-0.1, -0.05) is 0 Å². The van der Waals surface area contributed by atoms with Gasteiger partial charge in [-0.15, -0.1) is 0 Å². The van der Waals surface area contributed by atoms with Gasteiger partial charge in [0.2, 0.25) is 5.91 Å². The minimum absolute atomic E-state index is 0.00904. The first-order valence-electron chi connectivity index (χ1n) is 5.55. The van der Waals surface area contributed by atoms with Gasteiger partial charge in [0.05, 0.1) is 12.2 Å².